The van der Waals surface area contributed by atoms with Crippen LogP contribution in [0.1, 0.15) is 30.6 Å². The number of hydrogen-bond acceptors (Lipinski definition) is 3. The van der Waals surface area contributed by atoms with Crippen molar-refractivity contribution in [1.29, 1.82) is 0 Å². The lowest BCUT2D eigenvalue weighted by Gasteiger charge is -2.21. The van der Waals surface area contributed by atoms with E-state index in [0.29, 0.717) is 12.1 Å². The molecular formula is C18H23BrN4O2. The van der Waals surface area contributed by atoms with Gasteiger partial charge in [-0.2, -0.15) is 5.10 Å². The lowest BCUT2D eigenvalue weighted by molar-refractivity contribution is -0.123. The highest BCUT2D eigenvalue weighted by Crippen LogP contribution is 2.11. The number of halogens is 1. The van der Waals surface area contributed by atoms with Gasteiger partial charge >= 0.3 is 0 Å². The van der Waals surface area contributed by atoms with Crippen molar-refractivity contribution in [2.75, 3.05) is 6.54 Å². The number of amides is 2. The molecule has 0 fully saturated rings. The highest BCUT2D eigenvalue weighted by Gasteiger charge is 2.24. The van der Waals surface area contributed by atoms with Crippen molar-refractivity contribution in [2.45, 2.75) is 32.9 Å². The summed E-state index contributed by atoms with van der Waals surface area (Å²) in [7, 11) is 0. The van der Waals surface area contributed by atoms with Crippen LogP contribution in [0.25, 0.3) is 0 Å². The fourth-order valence-corrected chi connectivity index (χ4v) is 2.62. The van der Waals surface area contributed by atoms with Crippen molar-refractivity contribution in [3.63, 3.8) is 0 Å². The smallest absolute Gasteiger partial charge is 0.251 e. The number of carbonyl (C=O) groups excluding carboxylic acids is 2. The predicted octanol–water partition coefficient (Wildman–Crippen LogP) is 2.61. The van der Waals surface area contributed by atoms with Crippen LogP contribution >= 0.6 is 15.9 Å². The molecule has 0 aliphatic carbocycles. The Morgan fingerprint density at radius 3 is 2.56 bits per heavy atom. The Morgan fingerprint density at radius 2 is 1.96 bits per heavy atom. The summed E-state index contributed by atoms with van der Waals surface area (Å²) < 4.78 is 2.72. The molecule has 134 valence electrons. The van der Waals surface area contributed by atoms with E-state index in [1.165, 1.54) is 0 Å². The Bertz CT molecular complexity index is 684. The zero-order valence-electron chi connectivity index (χ0n) is 14.4. The summed E-state index contributed by atoms with van der Waals surface area (Å²) in [5.74, 6) is -0.427. The van der Waals surface area contributed by atoms with Crippen molar-refractivity contribution in [1.82, 2.24) is 20.4 Å². The largest absolute Gasteiger partial charge is 0.354 e. The fourth-order valence-electron chi connectivity index (χ4n) is 2.36. The molecule has 0 unspecified atom stereocenters. The van der Waals surface area contributed by atoms with E-state index in [4.69, 9.17) is 0 Å². The van der Waals surface area contributed by atoms with Crippen molar-refractivity contribution >= 4 is 27.7 Å². The summed E-state index contributed by atoms with van der Waals surface area (Å²) in [4.78, 5) is 24.8. The quantitative estimate of drug-likeness (QED) is 0.661. The van der Waals surface area contributed by atoms with Crippen LogP contribution in [0.3, 0.4) is 0 Å². The molecule has 2 amide bonds. The van der Waals surface area contributed by atoms with Gasteiger partial charge in [0.05, 0.1) is 0 Å². The Morgan fingerprint density at radius 1 is 1.24 bits per heavy atom. The Labute approximate surface area is 156 Å². The maximum atomic E-state index is 12.4. The SMILES string of the molecule is CC(C)[C@@H](NC(=O)c1ccc(Br)cc1)C(=O)NCCCn1cccn1. The summed E-state index contributed by atoms with van der Waals surface area (Å²) in [5.41, 5.74) is 0.528. The molecule has 0 bridgehead atoms. The minimum atomic E-state index is -0.569. The fraction of sp³-hybridized carbons (Fsp3) is 0.389. The van der Waals surface area contributed by atoms with Crippen LogP contribution in [0.15, 0.2) is 47.2 Å². The lowest BCUT2D eigenvalue weighted by Crippen LogP contribution is -2.49. The first-order valence-corrected chi connectivity index (χ1v) is 9.08. The zero-order chi connectivity index (χ0) is 18.2. The minimum Gasteiger partial charge on any atom is -0.354 e. The van der Waals surface area contributed by atoms with Crippen molar-refractivity contribution in [3.8, 4) is 0 Å². The molecular weight excluding hydrogens is 384 g/mol. The molecule has 1 aromatic heterocycles. The molecule has 0 spiro atoms. The van der Waals surface area contributed by atoms with Gasteiger partial charge in [-0.05, 0) is 42.7 Å². The first-order valence-electron chi connectivity index (χ1n) is 8.29. The molecule has 0 aliphatic heterocycles. The Kier molecular flexibility index (Phi) is 7.18. The topological polar surface area (TPSA) is 76.0 Å². The predicted molar refractivity (Wildman–Crippen MR) is 100 cm³/mol. The van der Waals surface area contributed by atoms with E-state index in [1.54, 1.807) is 30.5 Å². The lowest BCUT2D eigenvalue weighted by atomic mass is 10.0. The first-order chi connectivity index (χ1) is 12.0. The number of hydrogen-bond donors (Lipinski definition) is 2. The third-order valence-electron chi connectivity index (χ3n) is 3.76. The number of benzene rings is 1. The Hall–Kier alpha value is -2.15. The van der Waals surface area contributed by atoms with Crippen molar-refractivity contribution in [2.24, 2.45) is 5.92 Å². The summed E-state index contributed by atoms with van der Waals surface area (Å²) in [5, 5.41) is 9.83. The zero-order valence-corrected chi connectivity index (χ0v) is 16.0. The maximum absolute atomic E-state index is 12.4. The normalized spacial score (nSPS) is 12.0. The number of nitrogens with zero attached hydrogens (tertiary/aromatic N) is 2. The number of carbonyl (C=O) groups is 2. The second kappa shape index (κ2) is 9.36. The van der Waals surface area contributed by atoms with Crippen LogP contribution in [-0.2, 0) is 11.3 Å². The highest BCUT2D eigenvalue weighted by molar-refractivity contribution is 9.10. The first kappa shape index (κ1) is 19.2. The number of rotatable bonds is 8. The minimum absolute atomic E-state index is 0.00878. The van der Waals surface area contributed by atoms with E-state index in [-0.39, 0.29) is 17.7 Å². The summed E-state index contributed by atoms with van der Waals surface area (Å²) >= 11 is 3.34. The summed E-state index contributed by atoms with van der Waals surface area (Å²) in [6, 6.07) is 8.34. The molecule has 1 atom stereocenters. The van der Waals surface area contributed by atoms with Crippen molar-refractivity contribution in [3.05, 3.63) is 52.8 Å². The molecule has 0 radical (unpaired) electrons. The molecule has 2 rings (SSSR count). The van der Waals surface area contributed by atoms with Crippen LogP contribution < -0.4 is 10.6 Å². The molecule has 0 aliphatic rings. The number of aromatic nitrogens is 2. The van der Waals surface area contributed by atoms with E-state index in [0.717, 1.165) is 17.4 Å². The summed E-state index contributed by atoms with van der Waals surface area (Å²) in [6.45, 7) is 5.10. The van der Waals surface area contributed by atoms with Crippen LogP contribution in [0, 0.1) is 5.92 Å². The maximum Gasteiger partial charge on any atom is 0.251 e. The second-order valence-electron chi connectivity index (χ2n) is 6.12. The van der Waals surface area contributed by atoms with E-state index >= 15 is 0 Å². The van der Waals surface area contributed by atoms with Gasteiger partial charge in [0.15, 0.2) is 0 Å². The monoisotopic (exact) mass is 406 g/mol. The third-order valence-corrected chi connectivity index (χ3v) is 4.29. The second-order valence-corrected chi connectivity index (χ2v) is 7.03. The van der Waals surface area contributed by atoms with Crippen LogP contribution in [0.5, 0.6) is 0 Å². The standard InChI is InChI=1S/C18H23BrN4O2/c1-13(2)16(22-17(24)14-5-7-15(19)8-6-14)18(25)20-9-3-11-23-12-4-10-21-23/h4-8,10,12-13,16H,3,9,11H2,1-2H3,(H,20,25)(H,22,24)/t16-/m1/s1. The van der Waals surface area contributed by atoms with Gasteiger partial charge in [0.1, 0.15) is 6.04 Å². The van der Waals surface area contributed by atoms with Gasteiger partial charge in [-0.15, -0.1) is 0 Å². The van der Waals surface area contributed by atoms with E-state index in [2.05, 4.69) is 31.7 Å². The number of aryl methyl sites for hydroxylation is 1. The van der Waals surface area contributed by atoms with Crippen molar-refractivity contribution < 1.29 is 9.59 Å². The molecule has 7 heteroatoms. The molecule has 2 N–H and O–H groups in total. The average molecular weight is 407 g/mol. The van der Waals surface area contributed by atoms with E-state index in [9.17, 15) is 9.59 Å². The van der Waals surface area contributed by atoms with Crippen LogP contribution in [0.4, 0.5) is 0 Å². The molecule has 25 heavy (non-hydrogen) atoms. The molecule has 0 saturated heterocycles. The van der Waals surface area contributed by atoms with Gasteiger partial charge in [0, 0.05) is 35.5 Å². The molecule has 1 heterocycles. The van der Waals surface area contributed by atoms with E-state index < -0.39 is 6.04 Å². The Balaban J connectivity index is 1.84. The van der Waals surface area contributed by atoms with Gasteiger partial charge in [-0.3, -0.25) is 14.3 Å². The molecule has 0 saturated carbocycles. The van der Waals surface area contributed by atoms with Crippen LogP contribution in [-0.4, -0.2) is 34.2 Å². The van der Waals surface area contributed by atoms with Gasteiger partial charge in [-0.25, -0.2) is 0 Å². The third kappa shape index (κ3) is 6.01. The molecule has 2 aromatic rings. The van der Waals surface area contributed by atoms with Gasteiger partial charge in [-0.1, -0.05) is 29.8 Å². The van der Waals surface area contributed by atoms with Crippen LogP contribution in [0.2, 0.25) is 0 Å². The van der Waals surface area contributed by atoms with Gasteiger partial charge in [0.25, 0.3) is 5.91 Å². The number of nitrogens with one attached hydrogen (secondary N) is 2. The highest BCUT2D eigenvalue weighted by atomic mass is 79.9. The van der Waals surface area contributed by atoms with E-state index in [1.807, 2.05) is 30.8 Å². The van der Waals surface area contributed by atoms with Gasteiger partial charge < -0.3 is 10.6 Å². The average Bonchev–Trinajstić information content (AvgIpc) is 3.10. The summed E-state index contributed by atoms with van der Waals surface area (Å²) in [6.07, 6.45) is 4.39. The molecule has 1 aromatic carbocycles. The molecule has 6 nitrogen and oxygen atoms in total. The van der Waals surface area contributed by atoms with Gasteiger partial charge in [0.2, 0.25) is 5.91 Å².